The van der Waals surface area contributed by atoms with Gasteiger partial charge in [0.1, 0.15) is 12.4 Å². The summed E-state index contributed by atoms with van der Waals surface area (Å²) in [6.07, 6.45) is 7.12. The van der Waals surface area contributed by atoms with Gasteiger partial charge in [-0.3, -0.25) is 9.69 Å². The number of carbonyl (C=O) groups is 1. The number of ether oxygens (including phenoxy) is 3. The van der Waals surface area contributed by atoms with Gasteiger partial charge in [-0.05, 0) is 80.6 Å². The summed E-state index contributed by atoms with van der Waals surface area (Å²) in [6, 6.07) is 13.0. The first-order chi connectivity index (χ1) is 15.6. The van der Waals surface area contributed by atoms with E-state index in [1.54, 1.807) is 11.0 Å². The van der Waals surface area contributed by atoms with E-state index < -0.39 is 0 Å². The molecule has 1 saturated heterocycles. The number of carbonyl (C=O) groups excluding carboxylic acids is 1. The molecule has 0 saturated carbocycles. The summed E-state index contributed by atoms with van der Waals surface area (Å²) in [4.78, 5) is 19.9. The molecule has 1 fully saturated rings. The lowest BCUT2D eigenvalue weighted by Gasteiger charge is -2.12. The Morgan fingerprint density at radius 1 is 1.03 bits per heavy atom. The number of hydrogen-bond acceptors (Lipinski definition) is 6. The van der Waals surface area contributed by atoms with Crippen molar-refractivity contribution in [1.82, 2.24) is 4.90 Å². The van der Waals surface area contributed by atoms with E-state index in [9.17, 15) is 4.79 Å². The minimum absolute atomic E-state index is 0.0761. The van der Waals surface area contributed by atoms with Gasteiger partial charge in [0.15, 0.2) is 16.7 Å². The van der Waals surface area contributed by atoms with Crippen LogP contribution in [0.2, 0.25) is 0 Å². The zero-order valence-electron chi connectivity index (χ0n) is 18.5. The molecule has 0 radical (unpaired) electrons. The highest BCUT2D eigenvalue weighted by Crippen LogP contribution is 2.36. The number of benzene rings is 2. The van der Waals surface area contributed by atoms with Crippen LogP contribution >= 0.6 is 11.8 Å². The lowest BCUT2D eigenvalue weighted by atomic mass is 10.2. The van der Waals surface area contributed by atoms with Crippen LogP contribution in [0.5, 0.6) is 17.2 Å². The van der Waals surface area contributed by atoms with Crippen LogP contribution in [0.25, 0.3) is 6.08 Å². The quantitative estimate of drug-likeness (QED) is 0.392. The molecule has 0 unspecified atom stereocenters. The van der Waals surface area contributed by atoms with E-state index in [1.165, 1.54) is 11.8 Å². The van der Waals surface area contributed by atoms with Crippen molar-refractivity contribution in [3.63, 3.8) is 0 Å². The number of amides is 1. The molecule has 2 aromatic carbocycles. The summed E-state index contributed by atoms with van der Waals surface area (Å²) in [6.45, 7) is 7.56. The first-order valence-corrected chi connectivity index (χ1v) is 11.3. The zero-order valence-corrected chi connectivity index (χ0v) is 19.3. The van der Waals surface area contributed by atoms with Crippen LogP contribution in [0, 0.1) is 12.3 Å². The van der Waals surface area contributed by atoms with E-state index in [0.29, 0.717) is 41.3 Å². The fourth-order valence-electron chi connectivity index (χ4n) is 3.04. The minimum atomic E-state index is -0.0761. The maximum Gasteiger partial charge on any atom is 0.266 e. The maximum absolute atomic E-state index is 13.0. The first-order valence-electron chi connectivity index (χ1n) is 10.5. The lowest BCUT2D eigenvalue weighted by molar-refractivity contribution is -0.122. The van der Waals surface area contributed by atoms with Gasteiger partial charge in [0.05, 0.1) is 23.8 Å². The first kappa shape index (κ1) is 23.3. The molecule has 166 valence electrons. The third-order valence-corrected chi connectivity index (χ3v) is 5.46. The average molecular weight is 451 g/mol. The molecule has 1 heterocycles. The van der Waals surface area contributed by atoms with Crippen LogP contribution in [0.3, 0.4) is 0 Å². The van der Waals surface area contributed by atoms with Crippen molar-refractivity contribution in [3.8, 4) is 29.6 Å². The second-order valence-electron chi connectivity index (χ2n) is 6.61. The molecule has 0 atom stereocenters. The number of rotatable bonds is 9. The van der Waals surface area contributed by atoms with Crippen LogP contribution in [0.4, 0.5) is 5.69 Å². The zero-order chi connectivity index (χ0) is 22.9. The van der Waals surface area contributed by atoms with Gasteiger partial charge in [-0.15, -0.1) is 6.42 Å². The Kier molecular flexibility index (Phi) is 8.23. The van der Waals surface area contributed by atoms with Gasteiger partial charge < -0.3 is 14.2 Å². The number of amidine groups is 1. The van der Waals surface area contributed by atoms with Gasteiger partial charge in [0.25, 0.3) is 5.91 Å². The summed E-state index contributed by atoms with van der Waals surface area (Å²) in [7, 11) is 0. The maximum atomic E-state index is 13.0. The van der Waals surface area contributed by atoms with Crippen LogP contribution < -0.4 is 14.2 Å². The predicted octanol–water partition coefficient (Wildman–Crippen LogP) is 5.12. The summed E-state index contributed by atoms with van der Waals surface area (Å²) in [5, 5.41) is 0.645. The smallest absolute Gasteiger partial charge is 0.266 e. The van der Waals surface area contributed by atoms with Gasteiger partial charge in [0.2, 0.25) is 0 Å². The fourth-order valence-corrected chi connectivity index (χ4v) is 4.10. The summed E-state index contributed by atoms with van der Waals surface area (Å²) in [5.41, 5.74) is 1.59. The second kappa shape index (κ2) is 11.3. The van der Waals surface area contributed by atoms with Crippen molar-refractivity contribution in [2.45, 2.75) is 20.8 Å². The molecule has 1 aliphatic rings. The third kappa shape index (κ3) is 5.65. The Balaban J connectivity index is 1.86. The molecule has 1 amide bonds. The standard InChI is InChI=1S/C25H26N2O4S/c1-5-15-31-21-14-9-18(16-22(21)30-8-4)17-23-24(28)27(6-2)25(32-23)26-19-10-12-20(13-11-19)29-7-3/h1,9-14,16-17H,6-8,15H2,2-4H3. The molecule has 7 heteroatoms. The van der Waals surface area contributed by atoms with Gasteiger partial charge in [-0.25, -0.2) is 4.99 Å². The number of terminal acetylenes is 1. The molecule has 0 aliphatic carbocycles. The van der Waals surface area contributed by atoms with Crippen LogP contribution in [-0.4, -0.2) is 42.3 Å². The Bertz CT molecular complexity index is 1050. The average Bonchev–Trinajstić information content (AvgIpc) is 3.08. The Morgan fingerprint density at radius 3 is 2.44 bits per heavy atom. The Hall–Kier alpha value is -3.37. The van der Waals surface area contributed by atoms with Crippen molar-refractivity contribution in [3.05, 3.63) is 52.9 Å². The Morgan fingerprint density at radius 2 is 1.78 bits per heavy atom. The van der Waals surface area contributed by atoms with Gasteiger partial charge in [-0.2, -0.15) is 0 Å². The molecule has 32 heavy (non-hydrogen) atoms. The largest absolute Gasteiger partial charge is 0.494 e. The van der Waals surface area contributed by atoms with E-state index in [2.05, 4.69) is 10.9 Å². The predicted molar refractivity (Wildman–Crippen MR) is 130 cm³/mol. The van der Waals surface area contributed by atoms with Gasteiger partial charge in [0, 0.05) is 6.54 Å². The normalized spacial score (nSPS) is 15.8. The van der Waals surface area contributed by atoms with Crippen LogP contribution in [-0.2, 0) is 4.79 Å². The van der Waals surface area contributed by atoms with Crippen molar-refractivity contribution < 1.29 is 19.0 Å². The summed E-state index contributed by atoms with van der Waals surface area (Å²) in [5.74, 6) is 4.32. The number of aliphatic imine (C=N–C) groups is 1. The molecular formula is C25H26N2O4S. The second-order valence-corrected chi connectivity index (χ2v) is 7.62. The molecule has 0 spiro atoms. The minimum Gasteiger partial charge on any atom is -0.494 e. The lowest BCUT2D eigenvalue weighted by Crippen LogP contribution is -2.28. The van der Waals surface area contributed by atoms with E-state index in [0.717, 1.165) is 17.0 Å². The van der Waals surface area contributed by atoms with Gasteiger partial charge >= 0.3 is 0 Å². The highest BCUT2D eigenvalue weighted by atomic mass is 32.2. The highest BCUT2D eigenvalue weighted by molar-refractivity contribution is 8.18. The van der Waals surface area contributed by atoms with Crippen molar-refractivity contribution in [2.75, 3.05) is 26.4 Å². The van der Waals surface area contributed by atoms with E-state index >= 15 is 0 Å². The molecule has 0 aromatic heterocycles. The fraction of sp³-hybridized carbons (Fsp3) is 0.280. The van der Waals surface area contributed by atoms with Crippen molar-refractivity contribution >= 4 is 34.6 Å². The highest BCUT2D eigenvalue weighted by Gasteiger charge is 2.32. The van der Waals surface area contributed by atoms with Gasteiger partial charge in [-0.1, -0.05) is 12.0 Å². The third-order valence-electron chi connectivity index (χ3n) is 4.45. The number of thioether (sulfide) groups is 1. The van der Waals surface area contributed by atoms with Crippen molar-refractivity contribution in [1.29, 1.82) is 0 Å². The van der Waals surface area contributed by atoms with Crippen LogP contribution in [0.15, 0.2) is 52.4 Å². The van der Waals surface area contributed by atoms with E-state index in [-0.39, 0.29) is 12.5 Å². The number of nitrogens with zero attached hydrogens (tertiary/aromatic N) is 2. The Labute approximate surface area is 193 Å². The van der Waals surface area contributed by atoms with E-state index in [1.807, 2.05) is 63.2 Å². The molecule has 3 rings (SSSR count). The number of hydrogen-bond donors (Lipinski definition) is 0. The summed E-state index contributed by atoms with van der Waals surface area (Å²) >= 11 is 1.35. The van der Waals surface area contributed by atoms with E-state index in [4.69, 9.17) is 20.6 Å². The van der Waals surface area contributed by atoms with Crippen LogP contribution in [0.1, 0.15) is 26.3 Å². The SMILES string of the molecule is C#CCOc1ccc(C=C2SC(=Nc3ccc(OCC)cc3)N(CC)C2=O)cc1OCC. The number of likely N-dealkylation sites (N-methyl/N-ethyl adjacent to an activating group) is 1. The van der Waals surface area contributed by atoms with Crippen molar-refractivity contribution in [2.24, 2.45) is 4.99 Å². The molecule has 2 aromatic rings. The molecule has 0 N–H and O–H groups in total. The molecule has 1 aliphatic heterocycles. The molecule has 6 nitrogen and oxygen atoms in total. The molecule has 0 bridgehead atoms. The molecular weight excluding hydrogens is 424 g/mol. The summed E-state index contributed by atoms with van der Waals surface area (Å²) < 4.78 is 16.7. The monoisotopic (exact) mass is 450 g/mol. The topological polar surface area (TPSA) is 60.4 Å².